The number of carboxylic acids is 1. The summed E-state index contributed by atoms with van der Waals surface area (Å²) in [6.45, 7) is 5.36. The fraction of sp³-hybridized carbons (Fsp3) is 0.941. The number of aliphatic carboxylic acids is 1. The number of fused-ring (bicyclic) bond motifs is 1. The van der Waals surface area contributed by atoms with E-state index in [1.54, 1.807) is 0 Å². The zero-order chi connectivity index (χ0) is 14.2. The first kappa shape index (κ1) is 14.4. The van der Waals surface area contributed by atoms with Crippen LogP contribution < -0.4 is 0 Å². The van der Waals surface area contributed by atoms with E-state index in [2.05, 4.69) is 11.8 Å². The van der Waals surface area contributed by atoms with Gasteiger partial charge in [0.25, 0.3) is 0 Å². The van der Waals surface area contributed by atoms with Gasteiger partial charge in [0.05, 0.1) is 5.41 Å². The van der Waals surface area contributed by atoms with E-state index in [0.29, 0.717) is 5.92 Å². The Labute approximate surface area is 122 Å². The summed E-state index contributed by atoms with van der Waals surface area (Å²) >= 11 is 0. The van der Waals surface area contributed by atoms with E-state index in [4.69, 9.17) is 0 Å². The van der Waals surface area contributed by atoms with E-state index in [-0.39, 0.29) is 5.41 Å². The second-order valence-corrected chi connectivity index (χ2v) is 7.71. The summed E-state index contributed by atoms with van der Waals surface area (Å²) in [5.41, 5.74) is -0.389. The molecule has 3 rings (SSSR count). The first-order valence-corrected chi connectivity index (χ1v) is 8.56. The number of carboxylic acid groups (broad SMARTS) is 1. The lowest BCUT2D eigenvalue weighted by atomic mass is 9.80. The van der Waals surface area contributed by atoms with Crippen molar-refractivity contribution in [3.8, 4) is 0 Å². The Kier molecular flexibility index (Phi) is 4.07. The molecule has 1 heterocycles. The molecule has 0 aromatic rings. The largest absolute Gasteiger partial charge is 0.481 e. The lowest BCUT2D eigenvalue weighted by molar-refractivity contribution is -0.149. The molecule has 1 N–H and O–H groups in total. The van der Waals surface area contributed by atoms with E-state index in [0.717, 1.165) is 50.7 Å². The summed E-state index contributed by atoms with van der Waals surface area (Å²) in [5, 5.41) is 9.62. The standard InChI is InChI=1S/C17H29NO2/c1-13-4-2-5-14(10-13)7-9-18-11-15-6-3-8-17(15,12-18)16(19)20/h13-15H,2-12H2,1H3,(H,19,20)/t13?,14?,15-,17+/m0/s1. The van der Waals surface area contributed by atoms with Crippen molar-refractivity contribution in [1.29, 1.82) is 0 Å². The van der Waals surface area contributed by atoms with Gasteiger partial charge >= 0.3 is 5.97 Å². The van der Waals surface area contributed by atoms with Crippen LogP contribution >= 0.6 is 0 Å². The van der Waals surface area contributed by atoms with E-state index < -0.39 is 5.97 Å². The zero-order valence-corrected chi connectivity index (χ0v) is 12.8. The van der Waals surface area contributed by atoms with Crippen LogP contribution in [0.2, 0.25) is 0 Å². The normalized spacial score (nSPS) is 41.8. The molecule has 3 fully saturated rings. The van der Waals surface area contributed by atoms with Crippen LogP contribution in [-0.2, 0) is 4.79 Å². The molecular weight excluding hydrogens is 250 g/mol. The fourth-order valence-electron chi connectivity index (χ4n) is 5.10. The molecule has 0 aromatic carbocycles. The fourth-order valence-corrected chi connectivity index (χ4v) is 5.10. The summed E-state index contributed by atoms with van der Waals surface area (Å²) in [4.78, 5) is 14.1. The Bertz CT molecular complexity index is 370. The van der Waals surface area contributed by atoms with Crippen LogP contribution in [0.4, 0.5) is 0 Å². The van der Waals surface area contributed by atoms with E-state index >= 15 is 0 Å². The SMILES string of the molecule is CC1CCCC(CCN2C[C@@H]3CCC[C@@]3(C(=O)O)C2)C1. The van der Waals surface area contributed by atoms with Crippen molar-refractivity contribution in [3.05, 3.63) is 0 Å². The summed E-state index contributed by atoms with van der Waals surface area (Å²) < 4.78 is 0. The van der Waals surface area contributed by atoms with Crippen molar-refractivity contribution < 1.29 is 9.90 Å². The molecule has 0 spiro atoms. The predicted molar refractivity (Wildman–Crippen MR) is 79.6 cm³/mol. The van der Waals surface area contributed by atoms with Gasteiger partial charge < -0.3 is 10.0 Å². The van der Waals surface area contributed by atoms with Crippen LogP contribution in [0.3, 0.4) is 0 Å². The third-order valence-corrected chi connectivity index (χ3v) is 6.27. The topological polar surface area (TPSA) is 40.5 Å². The quantitative estimate of drug-likeness (QED) is 0.857. The van der Waals surface area contributed by atoms with E-state index in [9.17, 15) is 9.90 Å². The van der Waals surface area contributed by atoms with Crippen molar-refractivity contribution >= 4 is 5.97 Å². The maximum Gasteiger partial charge on any atom is 0.311 e. The van der Waals surface area contributed by atoms with Crippen LogP contribution in [0.5, 0.6) is 0 Å². The molecule has 20 heavy (non-hydrogen) atoms. The number of hydrogen-bond donors (Lipinski definition) is 1. The van der Waals surface area contributed by atoms with Crippen molar-refractivity contribution in [2.45, 2.75) is 58.3 Å². The van der Waals surface area contributed by atoms with Crippen molar-refractivity contribution in [1.82, 2.24) is 4.90 Å². The van der Waals surface area contributed by atoms with Gasteiger partial charge in [0.2, 0.25) is 0 Å². The highest BCUT2D eigenvalue weighted by Crippen LogP contribution is 2.49. The van der Waals surface area contributed by atoms with Gasteiger partial charge in [-0.2, -0.15) is 0 Å². The first-order valence-electron chi connectivity index (χ1n) is 8.56. The highest BCUT2D eigenvalue weighted by atomic mass is 16.4. The molecule has 3 nitrogen and oxygen atoms in total. The minimum atomic E-state index is -0.534. The monoisotopic (exact) mass is 279 g/mol. The number of carbonyl (C=O) groups is 1. The van der Waals surface area contributed by atoms with Gasteiger partial charge in [-0.15, -0.1) is 0 Å². The van der Waals surface area contributed by atoms with Crippen LogP contribution in [0.15, 0.2) is 0 Å². The van der Waals surface area contributed by atoms with Crippen molar-refractivity contribution in [2.24, 2.45) is 23.2 Å². The van der Waals surface area contributed by atoms with Gasteiger partial charge in [-0.1, -0.05) is 32.6 Å². The summed E-state index contributed by atoms with van der Waals surface area (Å²) in [5.74, 6) is 1.68. The van der Waals surface area contributed by atoms with Crippen LogP contribution in [0, 0.1) is 23.2 Å². The van der Waals surface area contributed by atoms with Crippen molar-refractivity contribution in [3.63, 3.8) is 0 Å². The van der Waals surface area contributed by atoms with Gasteiger partial charge in [-0.25, -0.2) is 0 Å². The lowest BCUT2D eigenvalue weighted by Gasteiger charge is -2.29. The van der Waals surface area contributed by atoms with Gasteiger partial charge in [0, 0.05) is 13.1 Å². The average Bonchev–Trinajstić information content (AvgIpc) is 2.93. The molecule has 2 unspecified atom stereocenters. The highest BCUT2D eigenvalue weighted by Gasteiger charge is 2.54. The Morgan fingerprint density at radius 1 is 1.30 bits per heavy atom. The Morgan fingerprint density at radius 3 is 2.85 bits per heavy atom. The summed E-state index contributed by atoms with van der Waals surface area (Å²) in [6, 6.07) is 0. The minimum absolute atomic E-state index is 0.389. The molecule has 2 saturated carbocycles. The molecule has 1 saturated heterocycles. The maximum absolute atomic E-state index is 11.7. The number of nitrogens with zero attached hydrogens (tertiary/aromatic N) is 1. The molecule has 0 bridgehead atoms. The smallest absolute Gasteiger partial charge is 0.311 e. The third-order valence-electron chi connectivity index (χ3n) is 6.27. The molecule has 114 valence electrons. The first-order chi connectivity index (χ1) is 9.60. The molecule has 0 aromatic heterocycles. The van der Waals surface area contributed by atoms with Gasteiger partial charge in [-0.05, 0) is 50.0 Å². The third kappa shape index (κ3) is 2.61. The molecule has 2 aliphatic carbocycles. The highest BCUT2D eigenvalue weighted by molar-refractivity contribution is 5.76. The number of hydrogen-bond acceptors (Lipinski definition) is 2. The van der Waals surface area contributed by atoms with Crippen LogP contribution in [0.1, 0.15) is 58.3 Å². The molecule has 3 aliphatic rings. The van der Waals surface area contributed by atoms with E-state index in [1.165, 1.54) is 32.1 Å². The number of likely N-dealkylation sites (tertiary alicyclic amines) is 1. The Hall–Kier alpha value is -0.570. The predicted octanol–water partition coefficient (Wildman–Crippen LogP) is 3.39. The maximum atomic E-state index is 11.7. The Balaban J connectivity index is 1.52. The molecule has 0 radical (unpaired) electrons. The molecule has 1 aliphatic heterocycles. The van der Waals surface area contributed by atoms with E-state index in [1.807, 2.05) is 0 Å². The molecule has 0 amide bonds. The van der Waals surface area contributed by atoms with Gasteiger partial charge in [-0.3, -0.25) is 4.79 Å². The number of rotatable bonds is 4. The summed E-state index contributed by atoms with van der Waals surface area (Å²) in [6.07, 6.45) is 10.0. The molecule has 3 heteroatoms. The second kappa shape index (κ2) is 5.67. The van der Waals surface area contributed by atoms with Crippen molar-refractivity contribution in [2.75, 3.05) is 19.6 Å². The lowest BCUT2D eigenvalue weighted by Crippen LogP contribution is -2.36. The van der Waals surface area contributed by atoms with Crippen LogP contribution in [0.25, 0.3) is 0 Å². The van der Waals surface area contributed by atoms with Crippen LogP contribution in [-0.4, -0.2) is 35.6 Å². The van der Waals surface area contributed by atoms with Gasteiger partial charge in [0.1, 0.15) is 0 Å². The second-order valence-electron chi connectivity index (χ2n) is 7.71. The average molecular weight is 279 g/mol. The molecule has 4 atom stereocenters. The zero-order valence-electron chi connectivity index (χ0n) is 12.8. The summed E-state index contributed by atoms with van der Waals surface area (Å²) in [7, 11) is 0. The molecular formula is C17H29NO2. The minimum Gasteiger partial charge on any atom is -0.481 e. The Morgan fingerprint density at radius 2 is 2.15 bits per heavy atom. The van der Waals surface area contributed by atoms with Gasteiger partial charge in [0.15, 0.2) is 0 Å².